The molecule has 1 aromatic rings. The molecule has 4 nitrogen and oxygen atoms in total. The summed E-state index contributed by atoms with van der Waals surface area (Å²) in [5.74, 6) is 0.323. The monoisotopic (exact) mass is 249 g/mol. The second-order valence-electron chi connectivity index (χ2n) is 4.69. The summed E-state index contributed by atoms with van der Waals surface area (Å²) in [6, 6.07) is 7.30. The van der Waals surface area contributed by atoms with Crippen molar-refractivity contribution in [2.24, 2.45) is 11.7 Å². The molecule has 0 aliphatic heterocycles. The average Bonchev–Trinajstić information content (AvgIpc) is 2.37. The van der Waals surface area contributed by atoms with Crippen LogP contribution in [0.25, 0.3) is 0 Å². The van der Waals surface area contributed by atoms with Crippen molar-refractivity contribution in [3.05, 3.63) is 35.4 Å². The maximum atomic E-state index is 11.3. The Bertz CT molecular complexity index is 396. The van der Waals surface area contributed by atoms with Gasteiger partial charge in [0.2, 0.25) is 0 Å². The predicted octanol–water partition coefficient (Wildman–Crippen LogP) is 1.73. The summed E-state index contributed by atoms with van der Waals surface area (Å²) < 4.78 is 10.4. The Hall–Kier alpha value is -1.39. The lowest BCUT2D eigenvalue weighted by atomic mass is 9.82. The molecule has 0 heterocycles. The molecule has 2 N–H and O–H groups in total. The third-order valence-electron chi connectivity index (χ3n) is 3.39. The molecule has 0 atom stereocenters. The molecule has 1 aliphatic rings. The minimum absolute atomic E-state index is 0.313. The van der Waals surface area contributed by atoms with Gasteiger partial charge in [-0.15, -0.1) is 0 Å². The summed E-state index contributed by atoms with van der Waals surface area (Å²) in [5.41, 5.74) is 7.19. The van der Waals surface area contributed by atoms with Gasteiger partial charge in [0.1, 0.15) is 0 Å². The number of hydrogen-bond donors (Lipinski definition) is 1. The van der Waals surface area contributed by atoms with E-state index in [1.807, 2.05) is 12.1 Å². The van der Waals surface area contributed by atoms with E-state index >= 15 is 0 Å². The van der Waals surface area contributed by atoms with E-state index in [2.05, 4.69) is 4.74 Å². The lowest BCUT2D eigenvalue weighted by Crippen LogP contribution is -2.35. The number of benzene rings is 1. The molecule has 0 unspecified atom stereocenters. The Balaban J connectivity index is 1.78. The van der Waals surface area contributed by atoms with Gasteiger partial charge >= 0.3 is 5.97 Å². The van der Waals surface area contributed by atoms with E-state index < -0.39 is 0 Å². The highest BCUT2D eigenvalue weighted by Crippen LogP contribution is 2.29. The highest BCUT2D eigenvalue weighted by Gasteiger charge is 2.28. The average molecular weight is 249 g/mol. The van der Waals surface area contributed by atoms with Crippen LogP contribution in [0.4, 0.5) is 0 Å². The van der Waals surface area contributed by atoms with Crippen LogP contribution in [0.1, 0.15) is 28.8 Å². The molecule has 2 rings (SSSR count). The normalized spacial score (nSPS) is 22.3. The smallest absolute Gasteiger partial charge is 0.337 e. The van der Waals surface area contributed by atoms with Crippen LogP contribution < -0.4 is 5.73 Å². The van der Waals surface area contributed by atoms with Crippen molar-refractivity contribution in [1.29, 1.82) is 0 Å². The summed E-state index contributed by atoms with van der Waals surface area (Å²) in [6.45, 7) is 1.34. The van der Waals surface area contributed by atoms with Gasteiger partial charge in [0, 0.05) is 0 Å². The van der Waals surface area contributed by atoms with Crippen LogP contribution in [0.5, 0.6) is 0 Å². The fraction of sp³-hybridized carbons (Fsp3) is 0.500. The Morgan fingerprint density at radius 1 is 1.33 bits per heavy atom. The molecule has 0 radical (unpaired) electrons. The quantitative estimate of drug-likeness (QED) is 0.807. The second-order valence-corrected chi connectivity index (χ2v) is 4.69. The maximum Gasteiger partial charge on any atom is 0.337 e. The largest absolute Gasteiger partial charge is 0.465 e. The third kappa shape index (κ3) is 3.09. The molecule has 0 bridgehead atoms. The second kappa shape index (κ2) is 5.98. The van der Waals surface area contributed by atoms with Gasteiger partial charge in [0.05, 0.1) is 25.4 Å². The van der Waals surface area contributed by atoms with E-state index in [4.69, 9.17) is 10.5 Å². The summed E-state index contributed by atoms with van der Waals surface area (Å²) in [5, 5.41) is 0. The topological polar surface area (TPSA) is 61.5 Å². The molecular formula is C14H19NO3. The fourth-order valence-corrected chi connectivity index (χ4v) is 2.07. The first-order chi connectivity index (χ1) is 8.72. The van der Waals surface area contributed by atoms with Crippen molar-refractivity contribution >= 4 is 5.97 Å². The summed E-state index contributed by atoms with van der Waals surface area (Å²) >= 11 is 0. The van der Waals surface area contributed by atoms with E-state index in [9.17, 15) is 4.79 Å². The first kappa shape index (κ1) is 13.1. The number of esters is 1. The lowest BCUT2D eigenvalue weighted by molar-refractivity contribution is -0.0376. The molecule has 1 fully saturated rings. The first-order valence-electron chi connectivity index (χ1n) is 6.22. The highest BCUT2D eigenvalue weighted by atomic mass is 16.5. The molecule has 0 saturated heterocycles. The Labute approximate surface area is 107 Å². The van der Waals surface area contributed by atoms with Gasteiger partial charge in [-0.2, -0.15) is 0 Å². The first-order valence-corrected chi connectivity index (χ1v) is 6.22. The van der Waals surface area contributed by atoms with Crippen LogP contribution in [0.2, 0.25) is 0 Å². The minimum atomic E-state index is -0.313. The molecule has 4 heteroatoms. The van der Waals surface area contributed by atoms with Crippen LogP contribution >= 0.6 is 0 Å². The van der Waals surface area contributed by atoms with Crippen molar-refractivity contribution in [3.63, 3.8) is 0 Å². The highest BCUT2D eigenvalue weighted by molar-refractivity contribution is 5.89. The Morgan fingerprint density at radius 2 is 2.00 bits per heavy atom. The minimum Gasteiger partial charge on any atom is -0.465 e. The molecule has 0 aromatic heterocycles. The Kier molecular flexibility index (Phi) is 4.33. The van der Waals surface area contributed by atoms with Crippen LogP contribution in [-0.4, -0.2) is 25.7 Å². The fourth-order valence-electron chi connectivity index (χ4n) is 2.07. The maximum absolute atomic E-state index is 11.3. The van der Waals surface area contributed by atoms with E-state index in [0.29, 0.717) is 24.2 Å². The molecule has 1 aliphatic carbocycles. The van der Waals surface area contributed by atoms with Gasteiger partial charge in [-0.05, 0) is 43.0 Å². The van der Waals surface area contributed by atoms with Crippen molar-refractivity contribution in [3.8, 4) is 0 Å². The van der Waals surface area contributed by atoms with E-state index in [1.54, 1.807) is 12.1 Å². The van der Waals surface area contributed by atoms with E-state index in [0.717, 1.165) is 24.9 Å². The summed E-state index contributed by atoms with van der Waals surface area (Å²) in [6.07, 6.45) is 2.48. The predicted molar refractivity (Wildman–Crippen MR) is 68.1 cm³/mol. The molecular weight excluding hydrogens is 230 g/mol. The van der Waals surface area contributed by atoms with Gasteiger partial charge in [0.25, 0.3) is 0 Å². The van der Waals surface area contributed by atoms with Crippen LogP contribution in [0.3, 0.4) is 0 Å². The molecule has 0 amide bonds. The molecule has 0 spiro atoms. The van der Waals surface area contributed by atoms with Gasteiger partial charge in [-0.25, -0.2) is 4.79 Å². The van der Waals surface area contributed by atoms with E-state index in [1.165, 1.54) is 7.11 Å². The third-order valence-corrected chi connectivity index (χ3v) is 3.39. The van der Waals surface area contributed by atoms with Crippen molar-refractivity contribution in [1.82, 2.24) is 0 Å². The number of ether oxygens (including phenoxy) is 2. The van der Waals surface area contributed by atoms with Crippen LogP contribution in [-0.2, 0) is 16.1 Å². The van der Waals surface area contributed by atoms with Crippen molar-refractivity contribution < 1.29 is 14.3 Å². The number of nitrogens with two attached hydrogens (primary N) is 1. The van der Waals surface area contributed by atoms with Crippen LogP contribution in [0.15, 0.2) is 24.3 Å². The summed E-state index contributed by atoms with van der Waals surface area (Å²) in [7, 11) is 1.38. The van der Waals surface area contributed by atoms with Crippen molar-refractivity contribution in [2.45, 2.75) is 25.6 Å². The standard InChI is InChI=1S/C14H19NO3/c1-17-14(16)12-4-2-10(3-5-12)9-18-13-6-11(7-13)8-15/h2-5,11,13H,6-9,15H2,1H3. The zero-order chi connectivity index (χ0) is 13.0. The number of carbonyl (C=O) groups excluding carboxylic acids is 1. The van der Waals surface area contributed by atoms with Gasteiger partial charge < -0.3 is 15.2 Å². The molecule has 1 aromatic carbocycles. The zero-order valence-electron chi connectivity index (χ0n) is 10.6. The Morgan fingerprint density at radius 3 is 2.56 bits per heavy atom. The SMILES string of the molecule is COC(=O)c1ccc(COC2CC(CN)C2)cc1. The molecule has 1 saturated carbocycles. The number of carbonyl (C=O) groups is 1. The van der Waals surface area contributed by atoms with Gasteiger partial charge in [-0.1, -0.05) is 12.1 Å². The van der Waals surface area contributed by atoms with Gasteiger partial charge in [-0.3, -0.25) is 0 Å². The lowest BCUT2D eigenvalue weighted by Gasteiger charge is -2.34. The zero-order valence-corrected chi connectivity index (χ0v) is 10.6. The van der Waals surface area contributed by atoms with Crippen molar-refractivity contribution in [2.75, 3.05) is 13.7 Å². The molecule has 18 heavy (non-hydrogen) atoms. The number of rotatable bonds is 5. The van der Waals surface area contributed by atoms with Crippen LogP contribution in [0, 0.1) is 5.92 Å². The number of methoxy groups -OCH3 is 1. The van der Waals surface area contributed by atoms with E-state index in [-0.39, 0.29) is 5.97 Å². The summed E-state index contributed by atoms with van der Waals surface area (Å²) in [4.78, 5) is 11.3. The molecule has 98 valence electrons. The number of hydrogen-bond acceptors (Lipinski definition) is 4. The van der Waals surface area contributed by atoms with Gasteiger partial charge in [0.15, 0.2) is 0 Å².